The maximum atomic E-state index is 12.4. The molecule has 1 saturated heterocycles. The van der Waals surface area contributed by atoms with Crippen LogP contribution in [0.4, 0.5) is 5.69 Å². The highest BCUT2D eigenvalue weighted by molar-refractivity contribution is 7.11. The Morgan fingerprint density at radius 1 is 1.35 bits per heavy atom. The van der Waals surface area contributed by atoms with E-state index in [4.69, 9.17) is 0 Å². The van der Waals surface area contributed by atoms with Gasteiger partial charge in [-0.1, -0.05) is 18.2 Å². The van der Waals surface area contributed by atoms with E-state index in [0.29, 0.717) is 25.9 Å². The van der Waals surface area contributed by atoms with E-state index < -0.39 is 5.92 Å². The van der Waals surface area contributed by atoms with E-state index in [9.17, 15) is 9.59 Å². The minimum absolute atomic E-state index is 0.125. The van der Waals surface area contributed by atoms with Crippen LogP contribution in [-0.2, 0) is 16.0 Å². The van der Waals surface area contributed by atoms with Gasteiger partial charge in [0.1, 0.15) is 15.9 Å². The van der Waals surface area contributed by atoms with Crippen molar-refractivity contribution < 1.29 is 9.59 Å². The van der Waals surface area contributed by atoms with Crippen LogP contribution in [0, 0.1) is 12.8 Å². The molecule has 0 spiro atoms. The maximum Gasteiger partial charge on any atom is 0.239 e. The minimum atomic E-state index is -0.591. The van der Waals surface area contributed by atoms with Crippen molar-refractivity contribution in [2.24, 2.45) is 5.92 Å². The van der Waals surface area contributed by atoms with Crippen molar-refractivity contribution in [2.75, 3.05) is 18.0 Å². The van der Waals surface area contributed by atoms with Crippen LogP contribution in [0.2, 0.25) is 0 Å². The summed E-state index contributed by atoms with van der Waals surface area (Å²) in [5, 5.41) is 12.6. The summed E-state index contributed by atoms with van der Waals surface area (Å²) in [7, 11) is 0. The number of aromatic nitrogens is 2. The number of hydrogen-bond donors (Lipinski definition) is 1. The SMILES string of the molecule is Cc1nnc(CCNC(=O)C2CCN(c3ccccc3)C2=O)s1. The van der Waals surface area contributed by atoms with Gasteiger partial charge in [0.25, 0.3) is 0 Å². The van der Waals surface area contributed by atoms with Gasteiger partial charge in [-0.25, -0.2) is 0 Å². The Kier molecular flexibility index (Phi) is 4.66. The first-order valence-corrected chi connectivity index (χ1v) is 8.40. The second-order valence-corrected chi connectivity index (χ2v) is 6.69. The molecule has 1 atom stereocenters. The van der Waals surface area contributed by atoms with E-state index in [0.717, 1.165) is 15.7 Å². The van der Waals surface area contributed by atoms with Crippen LogP contribution in [0.3, 0.4) is 0 Å². The molecule has 7 heteroatoms. The lowest BCUT2D eigenvalue weighted by atomic mass is 10.1. The van der Waals surface area contributed by atoms with Gasteiger partial charge in [0.05, 0.1) is 0 Å². The van der Waals surface area contributed by atoms with E-state index in [-0.39, 0.29) is 11.8 Å². The zero-order valence-electron chi connectivity index (χ0n) is 12.9. The number of para-hydroxylation sites is 1. The number of nitrogens with zero attached hydrogens (tertiary/aromatic N) is 3. The van der Waals surface area contributed by atoms with Gasteiger partial charge in [-0.05, 0) is 25.5 Å². The first kappa shape index (κ1) is 15.6. The molecule has 2 aromatic rings. The molecule has 1 fully saturated rings. The summed E-state index contributed by atoms with van der Waals surface area (Å²) < 4.78 is 0. The van der Waals surface area contributed by atoms with Crippen LogP contribution in [0.1, 0.15) is 16.4 Å². The van der Waals surface area contributed by atoms with Crippen molar-refractivity contribution in [3.8, 4) is 0 Å². The van der Waals surface area contributed by atoms with E-state index in [1.807, 2.05) is 37.3 Å². The first-order chi connectivity index (χ1) is 11.1. The maximum absolute atomic E-state index is 12.4. The lowest BCUT2D eigenvalue weighted by Gasteiger charge is -2.16. The first-order valence-electron chi connectivity index (χ1n) is 7.58. The average molecular weight is 330 g/mol. The van der Waals surface area contributed by atoms with Crippen molar-refractivity contribution in [3.05, 3.63) is 40.3 Å². The highest BCUT2D eigenvalue weighted by Gasteiger charge is 2.37. The summed E-state index contributed by atoms with van der Waals surface area (Å²) in [4.78, 5) is 26.3. The number of carbonyl (C=O) groups excluding carboxylic acids is 2. The molecule has 0 radical (unpaired) electrons. The molecule has 3 rings (SSSR count). The molecule has 1 aromatic carbocycles. The largest absolute Gasteiger partial charge is 0.355 e. The van der Waals surface area contributed by atoms with Crippen LogP contribution in [0.25, 0.3) is 0 Å². The quantitative estimate of drug-likeness (QED) is 0.844. The molecule has 6 nitrogen and oxygen atoms in total. The second kappa shape index (κ2) is 6.87. The molecule has 1 N–H and O–H groups in total. The number of aryl methyl sites for hydroxylation is 1. The Labute approximate surface area is 138 Å². The molecule has 1 aliphatic heterocycles. The molecule has 23 heavy (non-hydrogen) atoms. The molecule has 120 valence electrons. The summed E-state index contributed by atoms with van der Waals surface area (Å²) in [6.45, 7) is 2.95. The number of anilines is 1. The number of benzene rings is 1. The summed E-state index contributed by atoms with van der Waals surface area (Å²) in [5.74, 6) is -0.915. The van der Waals surface area contributed by atoms with Gasteiger partial charge in [-0.2, -0.15) is 0 Å². The van der Waals surface area contributed by atoms with Gasteiger partial charge in [0, 0.05) is 25.2 Å². The Hall–Kier alpha value is -2.28. The van der Waals surface area contributed by atoms with Crippen molar-refractivity contribution >= 4 is 28.8 Å². The molecule has 0 aliphatic carbocycles. The summed E-state index contributed by atoms with van der Waals surface area (Å²) >= 11 is 1.52. The minimum Gasteiger partial charge on any atom is -0.355 e. The molecule has 1 aliphatic rings. The fourth-order valence-electron chi connectivity index (χ4n) is 2.64. The van der Waals surface area contributed by atoms with E-state index in [1.165, 1.54) is 11.3 Å². The molecule has 2 heterocycles. The van der Waals surface area contributed by atoms with Crippen molar-refractivity contribution in [3.63, 3.8) is 0 Å². The number of rotatable bonds is 5. The standard InChI is InChI=1S/C16H18N4O2S/c1-11-18-19-14(23-11)7-9-17-15(21)13-8-10-20(16(13)22)12-5-3-2-4-6-12/h2-6,13H,7-10H2,1H3,(H,17,21). The Morgan fingerprint density at radius 2 is 2.13 bits per heavy atom. The van der Waals surface area contributed by atoms with E-state index >= 15 is 0 Å². The summed E-state index contributed by atoms with van der Waals surface area (Å²) in [6, 6.07) is 9.45. The fraction of sp³-hybridized carbons (Fsp3) is 0.375. The fourth-order valence-corrected chi connectivity index (χ4v) is 3.35. The number of carbonyl (C=O) groups is 2. The lowest BCUT2D eigenvalue weighted by molar-refractivity contribution is -0.132. The molecule has 1 aromatic heterocycles. The van der Waals surface area contributed by atoms with Gasteiger partial charge in [-0.3, -0.25) is 9.59 Å². The Bertz CT molecular complexity index is 701. The van der Waals surface area contributed by atoms with Crippen LogP contribution >= 0.6 is 11.3 Å². The monoisotopic (exact) mass is 330 g/mol. The van der Waals surface area contributed by atoms with Gasteiger partial charge in [0.2, 0.25) is 11.8 Å². The highest BCUT2D eigenvalue weighted by atomic mass is 32.1. The van der Waals surface area contributed by atoms with Crippen molar-refractivity contribution in [2.45, 2.75) is 19.8 Å². The summed E-state index contributed by atoms with van der Waals surface area (Å²) in [6.07, 6.45) is 1.19. The number of hydrogen-bond acceptors (Lipinski definition) is 5. The normalized spacial score (nSPS) is 17.5. The lowest BCUT2D eigenvalue weighted by Crippen LogP contribution is -2.37. The van der Waals surface area contributed by atoms with Crippen molar-refractivity contribution in [1.29, 1.82) is 0 Å². The Morgan fingerprint density at radius 3 is 2.83 bits per heavy atom. The third-order valence-corrected chi connectivity index (χ3v) is 4.69. The Balaban J connectivity index is 1.53. The van der Waals surface area contributed by atoms with Crippen LogP contribution < -0.4 is 10.2 Å². The number of nitrogens with one attached hydrogen (secondary N) is 1. The van der Waals surface area contributed by atoms with E-state index in [2.05, 4.69) is 15.5 Å². The zero-order chi connectivity index (χ0) is 16.2. The van der Waals surface area contributed by atoms with E-state index in [1.54, 1.807) is 4.90 Å². The summed E-state index contributed by atoms with van der Waals surface area (Å²) in [5.41, 5.74) is 0.845. The average Bonchev–Trinajstić information content (AvgIpc) is 3.14. The second-order valence-electron chi connectivity index (χ2n) is 5.42. The molecule has 0 bridgehead atoms. The van der Waals surface area contributed by atoms with Gasteiger partial charge in [0.15, 0.2) is 0 Å². The van der Waals surface area contributed by atoms with Gasteiger partial charge in [-0.15, -0.1) is 21.5 Å². The molecular formula is C16H18N4O2S. The third kappa shape index (κ3) is 3.56. The third-order valence-electron chi connectivity index (χ3n) is 3.80. The van der Waals surface area contributed by atoms with Crippen LogP contribution in [0.15, 0.2) is 30.3 Å². The van der Waals surface area contributed by atoms with Gasteiger partial charge >= 0.3 is 0 Å². The van der Waals surface area contributed by atoms with Crippen LogP contribution in [0.5, 0.6) is 0 Å². The van der Waals surface area contributed by atoms with Crippen molar-refractivity contribution in [1.82, 2.24) is 15.5 Å². The number of amides is 2. The predicted octanol–water partition coefficient (Wildman–Crippen LogP) is 1.56. The predicted molar refractivity (Wildman–Crippen MR) is 88.3 cm³/mol. The zero-order valence-corrected chi connectivity index (χ0v) is 13.7. The van der Waals surface area contributed by atoms with Crippen LogP contribution in [-0.4, -0.2) is 35.1 Å². The highest BCUT2D eigenvalue weighted by Crippen LogP contribution is 2.25. The molecule has 2 amide bonds. The molecule has 0 saturated carbocycles. The smallest absolute Gasteiger partial charge is 0.239 e. The van der Waals surface area contributed by atoms with Gasteiger partial charge < -0.3 is 10.2 Å². The topological polar surface area (TPSA) is 75.2 Å². The molecule has 1 unspecified atom stereocenters. The molecular weight excluding hydrogens is 312 g/mol.